The van der Waals surface area contributed by atoms with Crippen molar-refractivity contribution in [1.82, 2.24) is 24.4 Å². The van der Waals surface area contributed by atoms with Crippen LogP contribution in [-0.2, 0) is 16.0 Å². The maximum Gasteiger partial charge on any atom is 0.204 e. The Morgan fingerprint density at radius 1 is 1.24 bits per heavy atom. The van der Waals surface area contributed by atoms with E-state index in [9.17, 15) is 0 Å². The Morgan fingerprint density at radius 3 is 2.76 bits per heavy atom. The second-order valence-corrected chi connectivity index (χ2v) is 5.28. The van der Waals surface area contributed by atoms with Gasteiger partial charge < -0.3 is 9.47 Å². The summed E-state index contributed by atoms with van der Waals surface area (Å²) in [6.45, 7) is 5.55. The summed E-state index contributed by atoms with van der Waals surface area (Å²) in [6.07, 6.45) is 5.36. The van der Waals surface area contributed by atoms with Crippen LogP contribution in [0.1, 0.15) is 31.5 Å². The normalized spacial score (nSPS) is 11.8. The largest absolute Gasteiger partial charge is 0.347 e. The van der Waals surface area contributed by atoms with Crippen molar-refractivity contribution in [2.45, 2.75) is 26.7 Å². The van der Waals surface area contributed by atoms with Crippen molar-refractivity contribution in [1.29, 1.82) is 0 Å². The van der Waals surface area contributed by atoms with Crippen molar-refractivity contribution >= 4 is 16.3 Å². The molecular weight excluding hydrogens is 290 g/mol. The summed E-state index contributed by atoms with van der Waals surface area (Å²) in [5, 5.41) is 10.2. The van der Waals surface area contributed by atoms with Gasteiger partial charge in [-0.1, -0.05) is 5.21 Å². The molecule has 0 amide bonds. The van der Waals surface area contributed by atoms with Gasteiger partial charge in [-0.2, -0.15) is 0 Å². The predicted molar refractivity (Wildman–Crippen MR) is 78.2 cm³/mol. The van der Waals surface area contributed by atoms with E-state index in [4.69, 9.17) is 9.47 Å². The smallest absolute Gasteiger partial charge is 0.204 e. The van der Waals surface area contributed by atoms with Gasteiger partial charge in [0.05, 0.1) is 18.4 Å². The molecule has 3 aromatic rings. The molecule has 0 unspecified atom stereocenters. The van der Waals surface area contributed by atoms with Gasteiger partial charge in [-0.3, -0.25) is 4.40 Å². The highest BCUT2D eigenvalue weighted by molar-refractivity contribution is 7.15. The van der Waals surface area contributed by atoms with Gasteiger partial charge in [-0.05, 0) is 13.8 Å². The zero-order valence-corrected chi connectivity index (χ0v) is 12.8. The average molecular weight is 307 g/mol. The van der Waals surface area contributed by atoms with E-state index in [1.807, 2.05) is 42.2 Å². The molecule has 21 heavy (non-hydrogen) atoms. The molecule has 0 aliphatic heterocycles. The molecule has 0 radical (unpaired) electrons. The number of hydrogen-bond acceptors (Lipinski definition) is 6. The van der Waals surface area contributed by atoms with E-state index < -0.39 is 6.29 Å². The summed E-state index contributed by atoms with van der Waals surface area (Å²) in [5.41, 5.74) is 1.63. The lowest BCUT2D eigenvalue weighted by molar-refractivity contribution is -0.142. The van der Waals surface area contributed by atoms with Crippen molar-refractivity contribution in [3.05, 3.63) is 35.4 Å². The third-order valence-corrected chi connectivity index (χ3v) is 3.67. The second-order valence-electron chi connectivity index (χ2n) is 4.41. The van der Waals surface area contributed by atoms with E-state index in [2.05, 4.69) is 15.3 Å². The van der Waals surface area contributed by atoms with Crippen molar-refractivity contribution < 1.29 is 9.47 Å². The molecular formula is C13H17N5O2S. The minimum atomic E-state index is -0.459. The van der Waals surface area contributed by atoms with Crippen molar-refractivity contribution in [2.75, 3.05) is 13.2 Å². The van der Waals surface area contributed by atoms with Crippen LogP contribution in [0, 0.1) is 0 Å². The average Bonchev–Trinajstić information content (AvgIpc) is 3.14. The van der Waals surface area contributed by atoms with E-state index in [0.717, 1.165) is 10.7 Å². The van der Waals surface area contributed by atoms with Gasteiger partial charge in [0.25, 0.3) is 0 Å². The maximum atomic E-state index is 5.51. The van der Waals surface area contributed by atoms with Crippen molar-refractivity contribution in [3.63, 3.8) is 0 Å². The molecule has 0 N–H and O–H groups in total. The summed E-state index contributed by atoms with van der Waals surface area (Å²) >= 11 is 1.61. The van der Waals surface area contributed by atoms with Crippen LogP contribution in [-0.4, -0.2) is 37.6 Å². The first kappa shape index (κ1) is 14.2. The van der Waals surface area contributed by atoms with Crippen LogP contribution in [0.3, 0.4) is 0 Å². The first-order valence-corrected chi connectivity index (χ1v) is 7.72. The molecule has 0 aliphatic carbocycles. The maximum absolute atomic E-state index is 5.51. The zero-order valence-electron chi connectivity index (χ0n) is 12.0. The molecule has 8 heteroatoms. The Bertz CT molecular complexity index is 670. The molecule has 112 valence electrons. The van der Waals surface area contributed by atoms with Crippen LogP contribution in [0.4, 0.5) is 0 Å². The molecule has 0 aromatic carbocycles. The van der Waals surface area contributed by atoms with Gasteiger partial charge in [0.15, 0.2) is 4.96 Å². The highest BCUT2D eigenvalue weighted by Crippen LogP contribution is 2.17. The summed E-state index contributed by atoms with van der Waals surface area (Å²) in [5.74, 6) is 0. The fourth-order valence-corrected chi connectivity index (χ4v) is 2.76. The lowest BCUT2D eigenvalue weighted by Gasteiger charge is -2.13. The zero-order chi connectivity index (χ0) is 14.7. The van der Waals surface area contributed by atoms with Gasteiger partial charge in [0, 0.05) is 31.0 Å². The van der Waals surface area contributed by atoms with Crippen LogP contribution in [0.15, 0.2) is 24.0 Å². The number of thiazole rings is 1. The third kappa shape index (κ3) is 3.12. The minimum absolute atomic E-state index is 0.459. The first-order chi connectivity index (χ1) is 10.3. The number of hydrogen-bond donors (Lipinski definition) is 0. The molecule has 0 saturated heterocycles. The quantitative estimate of drug-likeness (QED) is 0.625. The van der Waals surface area contributed by atoms with Crippen LogP contribution >= 0.6 is 11.3 Å². The second kappa shape index (κ2) is 6.33. The van der Waals surface area contributed by atoms with Gasteiger partial charge in [-0.25, -0.2) is 9.67 Å². The standard InChI is InChI=1S/C13H17N5O2S/c1-3-19-12(20-4-2)11-9-18(16-15-11)8-10-7-17-5-6-21-13(17)14-10/h5-7,9,12H,3-4,8H2,1-2H3. The highest BCUT2D eigenvalue weighted by Gasteiger charge is 2.16. The van der Waals surface area contributed by atoms with Crippen LogP contribution < -0.4 is 0 Å². The number of ether oxygens (including phenoxy) is 2. The van der Waals surface area contributed by atoms with E-state index in [0.29, 0.717) is 25.5 Å². The third-order valence-electron chi connectivity index (χ3n) is 2.90. The first-order valence-electron chi connectivity index (χ1n) is 6.84. The summed E-state index contributed by atoms with van der Waals surface area (Å²) in [6, 6.07) is 0. The predicted octanol–water partition coefficient (Wildman–Crippen LogP) is 2.11. The van der Waals surface area contributed by atoms with Crippen LogP contribution in [0.25, 0.3) is 4.96 Å². The summed E-state index contributed by atoms with van der Waals surface area (Å²) in [7, 11) is 0. The van der Waals surface area contributed by atoms with E-state index in [1.54, 1.807) is 16.0 Å². The molecule has 3 heterocycles. The van der Waals surface area contributed by atoms with Gasteiger partial charge >= 0.3 is 0 Å². The molecule has 3 rings (SSSR count). The molecule has 0 spiro atoms. The van der Waals surface area contributed by atoms with E-state index >= 15 is 0 Å². The van der Waals surface area contributed by atoms with E-state index in [-0.39, 0.29) is 0 Å². The van der Waals surface area contributed by atoms with Crippen LogP contribution in [0.5, 0.6) is 0 Å². The SMILES string of the molecule is CCOC(OCC)c1cn(Cc2cn3ccsc3n2)nn1. The topological polar surface area (TPSA) is 66.5 Å². The van der Waals surface area contributed by atoms with Gasteiger partial charge in [0.2, 0.25) is 6.29 Å². The Labute approximate surface area is 126 Å². The van der Waals surface area contributed by atoms with Crippen LogP contribution in [0.2, 0.25) is 0 Å². The van der Waals surface area contributed by atoms with Crippen molar-refractivity contribution in [3.8, 4) is 0 Å². The Balaban J connectivity index is 1.73. The fourth-order valence-electron chi connectivity index (χ4n) is 2.04. The monoisotopic (exact) mass is 307 g/mol. The van der Waals surface area contributed by atoms with Gasteiger partial charge in [0.1, 0.15) is 5.69 Å². The molecule has 0 fully saturated rings. The Kier molecular flexibility index (Phi) is 4.28. The Hall–Kier alpha value is -1.77. The number of nitrogens with zero attached hydrogens (tertiary/aromatic N) is 5. The lowest BCUT2D eigenvalue weighted by atomic mass is 10.4. The van der Waals surface area contributed by atoms with Gasteiger partial charge in [-0.15, -0.1) is 16.4 Å². The number of aromatic nitrogens is 5. The number of imidazole rings is 1. The fraction of sp³-hybridized carbons (Fsp3) is 0.462. The lowest BCUT2D eigenvalue weighted by Crippen LogP contribution is -2.09. The molecule has 0 aliphatic rings. The number of rotatable bonds is 7. The molecule has 0 saturated carbocycles. The van der Waals surface area contributed by atoms with E-state index in [1.165, 1.54) is 0 Å². The minimum Gasteiger partial charge on any atom is -0.347 e. The van der Waals surface area contributed by atoms with Crippen molar-refractivity contribution in [2.24, 2.45) is 0 Å². The highest BCUT2D eigenvalue weighted by atomic mass is 32.1. The molecule has 0 bridgehead atoms. The summed E-state index contributed by atoms with van der Waals surface area (Å²) < 4.78 is 14.8. The molecule has 3 aromatic heterocycles. The summed E-state index contributed by atoms with van der Waals surface area (Å²) in [4.78, 5) is 5.50. The molecule has 7 nitrogen and oxygen atoms in total. The number of fused-ring (bicyclic) bond motifs is 1. The Morgan fingerprint density at radius 2 is 2.05 bits per heavy atom. The molecule has 0 atom stereocenters.